The maximum Gasteiger partial charge on any atom is 0.131 e. The highest BCUT2D eigenvalue weighted by Crippen LogP contribution is 2.25. The Labute approximate surface area is 112 Å². The van der Waals surface area contributed by atoms with Gasteiger partial charge in [0.2, 0.25) is 0 Å². The van der Waals surface area contributed by atoms with E-state index < -0.39 is 0 Å². The second-order valence-electron chi connectivity index (χ2n) is 4.78. The Morgan fingerprint density at radius 2 is 2.18 bits per heavy atom. The van der Waals surface area contributed by atoms with Crippen LogP contribution in [0.5, 0.6) is 0 Å². The van der Waals surface area contributed by atoms with Crippen molar-refractivity contribution in [2.24, 2.45) is 5.92 Å². The van der Waals surface area contributed by atoms with Crippen LogP contribution in [0.3, 0.4) is 0 Å². The van der Waals surface area contributed by atoms with Gasteiger partial charge >= 0.3 is 0 Å². The predicted octanol–water partition coefficient (Wildman–Crippen LogP) is 2.59. The molecule has 4 heteroatoms. The Hall–Kier alpha value is -0.610. The number of hydrogen-bond donors (Lipinski definition) is 1. The number of halogens is 1. The van der Waals surface area contributed by atoms with Crippen molar-refractivity contribution in [3.05, 3.63) is 22.3 Å². The molecule has 0 unspecified atom stereocenters. The van der Waals surface area contributed by atoms with E-state index in [1.165, 1.54) is 18.4 Å². The van der Waals surface area contributed by atoms with E-state index in [1.807, 2.05) is 13.2 Å². The first-order chi connectivity index (χ1) is 8.20. The van der Waals surface area contributed by atoms with Crippen LogP contribution in [0.1, 0.15) is 18.4 Å². The molecule has 0 spiro atoms. The average molecular weight is 298 g/mol. The zero-order valence-electron chi connectivity index (χ0n) is 10.5. The summed E-state index contributed by atoms with van der Waals surface area (Å²) in [5.41, 5.74) is 1.26. The standard InChI is InChI=1S/C13H20BrN3/c1-10-7-12(14)9-16-13(10)17-5-3-11(4-6-17)8-15-2/h7,9,11,15H,3-6,8H2,1-2H3. The molecule has 2 heterocycles. The lowest BCUT2D eigenvalue weighted by molar-refractivity contribution is 0.392. The second-order valence-corrected chi connectivity index (χ2v) is 5.70. The summed E-state index contributed by atoms with van der Waals surface area (Å²) in [5.74, 6) is 1.98. The number of nitrogens with zero attached hydrogens (tertiary/aromatic N) is 2. The maximum absolute atomic E-state index is 4.54. The first-order valence-electron chi connectivity index (χ1n) is 6.22. The minimum Gasteiger partial charge on any atom is -0.356 e. The summed E-state index contributed by atoms with van der Waals surface area (Å²) in [6.45, 7) is 5.52. The van der Waals surface area contributed by atoms with Gasteiger partial charge in [-0.3, -0.25) is 0 Å². The number of aromatic nitrogens is 1. The van der Waals surface area contributed by atoms with E-state index in [9.17, 15) is 0 Å². The zero-order chi connectivity index (χ0) is 12.3. The first kappa shape index (κ1) is 12.8. The van der Waals surface area contributed by atoms with Crippen molar-refractivity contribution >= 4 is 21.7 Å². The van der Waals surface area contributed by atoms with Crippen molar-refractivity contribution in [2.45, 2.75) is 19.8 Å². The molecule has 0 saturated carbocycles. The predicted molar refractivity (Wildman–Crippen MR) is 75.5 cm³/mol. The van der Waals surface area contributed by atoms with E-state index in [-0.39, 0.29) is 0 Å². The molecule has 94 valence electrons. The van der Waals surface area contributed by atoms with Gasteiger partial charge < -0.3 is 10.2 Å². The Kier molecular flexibility index (Phi) is 4.40. The second kappa shape index (κ2) is 5.83. The van der Waals surface area contributed by atoms with Crippen LogP contribution >= 0.6 is 15.9 Å². The van der Waals surface area contributed by atoms with Crippen molar-refractivity contribution in [3.63, 3.8) is 0 Å². The Morgan fingerprint density at radius 1 is 1.47 bits per heavy atom. The summed E-state index contributed by atoms with van der Waals surface area (Å²) >= 11 is 3.46. The van der Waals surface area contributed by atoms with E-state index in [1.54, 1.807) is 0 Å². The van der Waals surface area contributed by atoms with E-state index in [2.05, 4.69) is 44.1 Å². The summed E-state index contributed by atoms with van der Waals surface area (Å²) in [7, 11) is 2.03. The van der Waals surface area contributed by atoms with Crippen LogP contribution in [-0.2, 0) is 0 Å². The molecular formula is C13H20BrN3. The first-order valence-corrected chi connectivity index (χ1v) is 7.01. The lowest BCUT2D eigenvalue weighted by atomic mass is 9.96. The van der Waals surface area contributed by atoms with E-state index in [0.29, 0.717) is 0 Å². The number of nitrogens with one attached hydrogen (secondary N) is 1. The highest BCUT2D eigenvalue weighted by atomic mass is 79.9. The molecule has 0 amide bonds. The number of aryl methyl sites for hydroxylation is 1. The lowest BCUT2D eigenvalue weighted by Crippen LogP contribution is -2.37. The third-order valence-corrected chi connectivity index (χ3v) is 3.86. The molecule has 1 aromatic rings. The van der Waals surface area contributed by atoms with Gasteiger partial charge in [-0.2, -0.15) is 0 Å². The molecule has 0 aromatic carbocycles. The molecule has 1 saturated heterocycles. The monoisotopic (exact) mass is 297 g/mol. The van der Waals surface area contributed by atoms with Gasteiger partial charge in [0, 0.05) is 23.8 Å². The summed E-state index contributed by atoms with van der Waals surface area (Å²) in [4.78, 5) is 6.95. The van der Waals surface area contributed by atoms with Gasteiger partial charge in [0.25, 0.3) is 0 Å². The molecular weight excluding hydrogens is 278 g/mol. The number of piperidine rings is 1. The van der Waals surface area contributed by atoms with Crippen LogP contribution in [0.25, 0.3) is 0 Å². The number of hydrogen-bond acceptors (Lipinski definition) is 3. The van der Waals surface area contributed by atoms with Crippen molar-refractivity contribution in [1.29, 1.82) is 0 Å². The Bertz CT molecular complexity index is 373. The lowest BCUT2D eigenvalue weighted by Gasteiger charge is -2.33. The van der Waals surface area contributed by atoms with Gasteiger partial charge in [-0.1, -0.05) is 0 Å². The largest absolute Gasteiger partial charge is 0.356 e. The molecule has 1 aliphatic heterocycles. The van der Waals surface area contributed by atoms with Crippen LogP contribution < -0.4 is 10.2 Å². The SMILES string of the molecule is CNCC1CCN(c2ncc(Br)cc2C)CC1. The minimum atomic E-state index is 0.826. The highest BCUT2D eigenvalue weighted by Gasteiger charge is 2.20. The quantitative estimate of drug-likeness (QED) is 0.929. The molecule has 0 radical (unpaired) electrons. The minimum absolute atomic E-state index is 0.826. The van der Waals surface area contributed by atoms with Crippen LogP contribution in [0.2, 0.25) is 0 Å². The van der Waals surface area contributed by atoms with Gasteiger partial charge in [-0.15, -0.1) is 0 Å². The zero-order valence-corrected chi connectivity index (χ0v) is 12.1. The summed E-state index contributed by atoms with van der Waals surface area (Å²) in [5, 5.41) is 3.27. The smallest absolute Gasteiger partial charge is 0.131 e. The third-order valence-electron chi connectivity index (χ3n) is 3.42. The van der Waals surface area contributed by atoms with Crippen LogP contribution in [0.15, 0.2) is 16.7 Å². The van der Waals surface area contributed by atoms with Crippen LogP contribution in [-0.4, -0.2) is 31.7 Å². The fraction of sp³-hybridized carbons (Fsp3) is 0.615. The highest BCUT2D eigenvalue weighted by molar-refractivity contribution is 9.10. The summed E-state index contributed by atoms with van der Waals surface area (Å²) in [6, 6.07) is 2.14. The van der Waals surface area contributed by atoms with E-state index in [4.69, 9.17) is 0 Å². The Balaban J connectivity index is 2.00. The van der Waals surface area contributed by atoms with Gasteiger partial charge in [0.05, 0.1) is 0 Å². The summed E-state index contributed by atoms with van der Waals surface area (Å²) < 4.78 is 1.06. The molecule has 0 aliphatic carbocycles. The van der Waals surface area contributed by atoms with Crippen molar-refractivity contribution < 1.29 is 0 Å². The van der Waals surface area contributed by atoms with Gasteiger partial charge in [0.15, 0.2) is 0 Å². The van der Waals surface area contributed by atoms with Crippen molar-refractivity contribution in [1.82, 2.24) is 10.3 Å². The summed E-state index contributed by atoms with van der Waals surface area (Å²) in [6.07, 6.45) is 4.41. The van der Waals surface area contributed by atoms with Crippen molar-refractivity contribution in [3.8, 4) is 0 Å². The van der Waals surface area contributed by atoms with Crippen LogP contribution in [0, 0.1) is 12.8 Å². The number of anilines is 1. The maximum atomic E-state index is 4.54. The van der Waals surface area contributed by atoms with Gasteiger partial charge in [-0.05, 0) is 66.8 Å². The third kappa shape index (κ3) is 3.19. The molecule has 0 atom stereocenters. The fourth-order valence-corrected chi connectivity index (χ4v) is 2.95. The molecule has 1 N–H and O–H groups in total. The molecule has 17 heavy (non-hydrogen) atoms. The number of rotatable bonds is 3. The van der Waals surface area contributed by atoms with Gasteiger partial charge in [-0.25, -0.2) is 4.98 Å². The topological polar surface area (TPSA) is 28.2 Å². The normalized spacial score (nSPS) is 17.5. The molecule has 1 aliphatic rings. The van der Waals surface area contributed by atoms with Crippen LogP contribution in [0.4, 0.5) is 5.82 Å². The molecule has 3 nitrogen and oxygen atoms in total. The number of pyridine rings is 1. The molecule has 1 aromatic heterocycles. The van der Waals surface area contributed by atoms with E-state index >= 15 is 0 Å². The molecule has 2 rings (SSSR count). The molecule has 1 fully saturated rings. The van der Waals surface area contributed by atoms with Crippen molar-refractivity contribution in [2.75, 3.05) is 31.6 Å². The average Bonchev–Trinajstić information content (AvgIpc) is 2.31. The Morgan fingerprint density at radius 3 is 2.76 bits per heavy atom. The van der Waals surface area contributed by atoms with Gasteiger partial charge in [0.1, 0.15) is 5.82 Å². The molecule has 0 bridgehead atoms. The van der Waals surface area contributed by atoms with E-state index in [0.717, 1.165) is 35.8 Å². The fourth-order valence-electron chi connectivity index (χ4n) is 2.50.